The maximum absolute atomic E-state index is 10.2. The minimum Gasteiger partial charge on any atom is -0.464 e. The molecule has 0 aliphatic heterocycles. The number of furan rings is 1. The molecule has 1 unspecified atom stereocenters. The van der Waals surface area contributed by atoms with Crippen LogP contribution in [0.5, 0.6) is 0 Å². The average molecular weight is 675 g/mol. The third-order valence-corrected chi connectivity index (χ3v) is 11.2. The molecule has 2 heterocycles. The molecule has 11 rings (SSSR count). The minimum absolute atomic E-state index is 0.609. The summed E-state index contributed by atoms with van der Waals surface area (Å²) in [6.07, 6.45) is 1.82. The summed E-state index contributed by atoms with van der Waals surface area (Å²) in [5.41, 5.74) is 16.4. The number of nitriles is 2. The second kappa shape index (κ2) is 10.8. The normalized spacial score (nSPS) is 14.8. The van der Waals surface area contributed by atoms with E-state index in [-0.39, 0.29) is 0 Å². The molecule has 2 aromatic heterocycles. The fourth-order valence-electron chi connectivity index (χ4n) is 9.01. The van der Waals surface area contributed by atoms with Crippen molar-refractivity contribution in [1.82, 2.24) is 9.55 Å². The molecule has 244 valence electrons. The Morgan fingerprint density at radius 3 is 2.11 bits per heavy atom. The van der Waals surface area contributed by atoms with Gasteiger partial charge in [0.1, 0.15) is 11.4 Å². The van der Waals surface area contributed by atoms with Gasteiger partial charge in [-0.2, -0.15) is 10.5 Å². The van der Waals surface area contributed by atoms with Gasteiger partial charge in [-0.25, -0.2) is 4.98 Å². The van der Waals surface area contributed by atoms with Crippen molar-refractivity contribution in [3.05, 3.63) is 191 Å². The van der Waals surface area contributed by atoms with Crippen LogP contribution < -0.4 is 0 Å². The van der Waals surface area contributed by atoms with Gasteiger partial charge in [0.15, 0.2) is 0 Å². The molecule has 0 fully saturated rings. The Kier molecular flexibility index (Phi) is 5.95. The summed E-state index contributed by atoms with van der Waals surface area (Å²) in [7, 11) is 0. The van der Waals surface area contributed by atoms with Crippen molar-refractivity contribution >= 4 is 22.0 Å². The SMILES string of the molecule is N#Cc1ccc(-c2coc3ccc4c(c23)-c2ccc(C#N)cc2C42c3ccccc3-c3cc(-c4nc5ccccc5n4-c4ccccc4)ccc32)cc1. The minimum atomic E-state index is -0.672. The van der Waals surface area contributed by atoms with E-state index in [1.807, 2.05) is 48.7 Å². The van der Waals surface area contributed by atoms with Crippen LogP contribution in [-0.2, 0) is 5.41 Å². The summed E-state index contributed by atoms with van der Waals surface area (Å²) in [5.74, 6) is 0.879. The lowest BCUT2D eigenvalue weighted by Crippen LogP contribution is -2.26. The van der Waals surface area contributed by atoms with E-state index in [1.165, 1.54) is 11.1 Å². The number of hydrogen-bond acceptors (Lipinski definition) is 4. The molecule has 0 bridgehead atoms. The van der Waals surface area contributed by atoms with Gasteiger partial charge in [-0.1, -0.05) is 91.0 Å². The number of aromatic nitrogens is 2. The Morgan fingerprint density at radius 2 is 1.26 bits per heavy atom. The maximum atomic E-state index is 10.2. The first kappa shape index (κ1) is 29.3. The number of fused-ring (bicyclic) bond motifs is 13. The monoisotopic (exact) mass is 674 g/mol. The van der Waals surface area contributed by atoms with Crippen LogP contribution >= 0.6 is 0 Å². The van der Waals surface area contributed by atoms with Crippen molar-refractivity contribution in [3.8, 4) is 62.6 Å². The van der Waals surface area contributed by atoms with E-state index in [0.29, 0.717) is 11.1 Å². The number of rotatable bonds is 3. The van der Waals surface area contributed by atoms with E-state index in [1.54, 1.807) is 0 Å². The number of imidazole rings is 1. The topological polar surface area (TPSA) is 78.5 Å². The molecule has 0 saturated heterocycles. The molecule has 7 aromatic carbocycles. The number of nitrogens with zero attached hydrogens (tertiary/aromatic N) is 4. The predicted octanol–water partition coefficient (Wildman–Crippen LogP) is 11.2. The zero-order chi connectivity index (χ0) is 35.3. The number of benzene rings is 7. The summed E-state index contributed by atoms with van der Waals surface area (Å²) in [5, 5.41) is 20.7. The van der Waals surface area contributed by atoms with Crippen molar-refractivity contribution in [3.63, 3.8) is 0 Å². The molecule has 0 radical (unpaired) electrons. The molecule has 1 atom stereocenters. The van der Waals surface area contributed by atoms with Crippen molar-refractivity contribution in [1.29, 1.82) is 10.5 Å². The third kappa shape index (κ3) is 3.86. The van der Waals surface area contributed by atoms with Crippen LogP contribution in [0.15, 0.2) is 162 Å². The molecule has 5 nitrogen and oxygen atoms in total. The van der Waals surface area contributed by atoms with Gasteiger partial charge in [0, 0.05) is 22.2 Å². The van der Waals surface area contributed by atoms with E-state index < -0.39 is 5.41 Å². The van der Waals surface area contributed by atoms with E-state index in [4.69, 9.17) is 9.40 Å². The van der Waals surface area contributed by atoms with Crippen molar-refractivity contribution in [2.75, 3.05) is 0 Å². The second-order valence-electron chi connectivity index (χ2n) is 13.7. The largest absolute Gasteiger partial charge is 0.464 e. The Bertz CT molecular complexity index is 3080. The summed E-state index contributed by atoms with van der Waals surface area (Å²) in [4.78, 5) is 5.20. The summed E-state index contributed by atoms with van der Waals surface area (Å²) in [6.45, 7) is 0. The van der Waals surface area contributed by atoms with Crippen LogP contribution in [0.25, 0.3) is 72.5 Å². The van der Waals surface area contributed by atoms with E-state index in [0.717, 1.165) is 83.6 Å². The molecular weight excluding hydrogens is 649 g/mol. The molecule has 9 aromatic rings. The quantitative estimate of drug-likeness (QED) is 0.187. The zero-order valence-electron chi connectivity index (χ0n) is 28.2. The summed E-state index contributed by atoms with van der Waals surface area (Å²) in [6, 6.07) is 56.9. The molecule has 0 amide bonds. The van der Waals surface area contributed by atoms with Gasteiger partial charge in [0.05, 0.1) is 46.0 Å². The summed E-state index contributed by atoms with van der Waals surface area (Å²) >= 11 is 0. The predicted molar refractivity (Wildman–Crippen MR) is 207 cm³/mol. The van der Waals surface area contributed by atoms with Crippen molar-refractivity contribution in [2.45, 2.75) is 5.41 Å². The molecular formula is C48H26N4O. The average Bonchev–Trinajstić information content (AvgIpc) is 3.97. The first-order valence-electron chi connectivity index (χ1n) is 17.6. The standard InChI is InChI=1S/C48H26N4O/c49-26-29-14-17-31(18-15-29)37-28-53-44-23-22-40-45(46(37)44)35-20-16-30(27-50)24-41(35)48(40)38-11-5-4-10-34(38)36-25-32(19-21-39(36)48)47-51-42-12-6-7-13-43(42)52(47)33-8-2-1-3-9-33/h1-25,28H. The molecule has 2 aliphatic rings. The highest BCUT2D eigenvalue weighted by molar-refractivity contribution is 6.11. The van der Waals surface area contributed by atoms with E-state index in [9.17, 15) is 10.5 Å². The second-order valence-corrected chi connectivity index (χ2v) is 13.7. The molecule has 0 saturated carbocycles. The Hall–Kier alpha value is -7.47. The van der Waals surface area contributed by atoms with Crippen LogP contribution in [0.4, 0.5) is 0 Å². The van der Waals surface area contributed by atoms with Crippen LogP contribution in [0.2, 0.25) is 0 Å². The van der Waals surface area contributed by atoms with Crippen LogP contribution in [-0.4, -0.2) is 9.55 Å². The van der Waals surface area contributed by atoms with Gasteiger partial charge >= 0.3 is 0 Å². The smallest absolute Gasteiger partial charge is 0.145 e. The molecule has 2 aliphatic carbocycles. The van der Waals surface area contributed by atoms with Gasteiger partial charge in [0.25, 0.3) is 0 Å². The lowest BCUT2D eigenvalue weighted by Gasteiger charge is -2.30. The first-order chi connectivity index (χ1) is 26.2. The van der Waals surface area contributed by atoms with E-state index >= 15 is 0 Å². The third-order valence-electron chi connectivity index (χ3n) is 11.2. The Balaban J connectivity index is 1.21. The fraction of sp³-hybridized carbons (Fsp3) is 0.0208. The zero-order valence-corrected chi connectivity index (χ0v) is 28.2. The molecule has 53 heavy (non-hydrogen) atoms. The van der Waals surface area contributed by atoms with E-state index in [2.05, 4.69) is 126 Å². The van der Waals surface area contributed by atoms with Crippen LogP contribution in [0, 0.1) is 22.7 Å². The van der Waals surface area contributed by atoms with Gasteiger partial charge in [-0.15, -0.1) is 0 Å². The van der Waals surface area contributed by atoms with Gasteiger partial charge in [0.2, 0.25) is 0 Å². The van der Waals surface area contributed by atoms with Crippen LogP contribution in [0.1, 0.15) is 33.4 Å². The molecule has 0 N–H and O–H groups in total. The highest BCUT2D eigenvalue weighted by atomic mass is 16.3. The van der Waals surface area contributed by atoms with Crippen molar-refractivity contribution < 1.29 is 4.42 Å². The highest BCUT2D eigenvalue weighted by Gasteiger charge is 2.52. The molecule has 1 spiro atoms. The summed E-state index contributed by atoms with van der Waals surface area (Å²) < 4.78 is 8.49. The fourth-order valence-corrected chi connectivity index (χ4v) is 9.01. The first-order valence-corrected chi connectivity index (χ1v) is 17.6. The van der Waals surface area contributed by atoms with Crippen molar-refractivity contribution in [2.24, 2.45) is 0 Å². The Morgan fingerprint density at radius 1 is 0.547 bits per heavy atom. The lowest BCUT2D eigenvalue weighted by atomic mass is 9.70. The van der Waals surface area contributed by atoms with Gasteiger partial charge in [-0.05, 0) is 111 Å². The number of para-hydroxylation sites is 3. The highest BCUT2D eigenvalue weighted by Crippen LogP contribution is 2.64. The molecule has 5 heteroatoms. The van der Waals surface area contributed by atoms with Gasteiger partial charge < -0.3 is 4.42 Å². The maximum Gasteiger partial charge on any atom is 0.145 e. The van der Waals surface area contributed by atoms with Crippen LogP contribution in [0.3, 0.4) is 0 Å². The number of hydrogen-bond donors (Lipinski definition) is 0. The Labute approximate surface area is 304 Å². The lowest BCUT2D eigenvalue weighted by molar-refractivity contribution is 0.617. The van der Waals surface area contributed by atoms with Gasteiger partial charge in [-0.3, -0.25) is 4.57 Å².